The minimum Gasteiger partial charge on any atom is -0.396 e. The van der Waals surface area contributed by atoms with Gasteiger partial charge in [0, 0.05) is 6.61 Å². The number of aliphatic hydroxyl groups excluding tert-OH is 1. The van der Waals surface area contributed by atoms with E-state index in [1.165, 1.54) is 6.42 Å². The fourth-order valence-electron chi connectivity index (χ4n) is 3.01. The standard InChI is InChI=1S/C10H18O2/c1-9-6-8(9)5-7(3-4-11)10(9,2)12/h7-8,11-12H,3-6H2,1-2H3. The number of hydrogen-bond acceptors (Lipinski definition) is 2. The van der Waals surface area contributed by atoms with Crippen LogP contribution in [0.2, 0.25) is 0 Å². The highest BCUT2D eigenvalue weighted by atomic mass is 16.3. The van der Waals surface area contributed by atoms with Crippen LogP contribution < -0.4 is 0 Å². The van der Waals surface area contributed by atoms with Gasteiger partial charge in [-0.15, -0.1) is 0 Å². The third-order valence-corrected chi connectivity index (χ3v) is 4.41. The Kier molecular flexibility index (Phi) is 1.59. The van der Waals surface area contributed by atoms with Crippen LogP contribution in [-0.2, 0) is 0 Å². The van der Waals surface area contributed by atoms with Crippen molar-refractivity contribution in [3.63, 3.8) is 0 Å². The summed E-state index contributed by atoms with van der Waals surface area (Å²) in [6, 6.07) is 0. The zero-order valence-corrected chi connectivity index (χ0v) is 7.88. The van der Waals surface area contributed by atoms with Gasteiger partial charge in [0.15, 0.2) is 0 Å². The molecule has 0 aromatic carbocycles. The molecule has 0 aromatic heterocycles. The van der Waals surface area contributed by atoms with Crippen LogP contribution in [0.1, 0.15) is 33.1 Å². The minimum atomic E-state index is -0.527. The second-order valence-corrected chi connectivity index (χ2v) is 4.91. The molecule has 0 bridgehead atoms. The highest BCUT2D eigenvalue weighted by molar-refractivity contribution is 5.18. The maximum absolute atomic E-state index is 10.2. The molecule has 0 amide bonds. The van der Waals surface area contributed by atoms with Crippen LogP contribution in [-0.4, -0.2) is 22.4 Å². The van der Waals surface area contributed by atoms with Crippen LogP contribution >= 0.6 is 0 Å². The Hall–Kier alpha value is -0.0800. The molecule has 0 heterocycles. The Balaban J connectivity index is 2.12. The topological polar surface area (TPSA) is 40.5 Å². The van der Waals surface area contributed by atoms with Crippen LogP contribution in [0, 0.1) is 17.3 Å². The molecule has 2 N–H and O–H groups in total. The number of hydrogen-bond donors (Lipinski definition) is 2. The van der Waals surface area contributed by atoms with Gasteiger partial charge in [-0.05, 0) is 43.4 Å². The fourth-order valence-corrected chi connectivity index (χ4v) is 3.01. The molecule has 4 atom stereocenters. The number of rotatable bonds is 2. The van der Waals surface area contributed by atoms with Crippen molar-refractivity contribution in [2.75, 3.05) is 6.61 Å². The number of fused-ring (bicyclic) bond motifs is 1. The molecule has 2 saturated carbocycles. The van der Waals surface area contributed by atoms with Gasteiger partial charge in [-0.3, -0.25) is 0 Å². The van der Waals surface area contributed by atoms with Gasteiger partial charge in [0.1, 0.15) is 0 Å². The van der Waals surface area contributed by atoms with E-state index in [2.05, 4.69) is 6.92 Å². The van der Waals surface area contributed by atoms with Gasteiger partial charge in [0.25, 0.3) is 0 Å². The van der Waals surface area contributed by atoms with Crippen molar-refractivity contribution < 1.29 is 10.2 Å². The molecule has 2 nitrogen and oxygen atoms in total. The molecule has 2 rings (SSSR count). The number of aliphatic hydroxyl groups is 2. The van der Waals surface area contributed by atoms with Crippen molar-refractivity contribution in [3.8, 4) is 0 Å². The van der Waals surface area contributed by atoms with E-state index in [1.54, 1.807) is 0 Å². The molecule has 4 unspecified atom stereocenters. The summed E-state index contributed by atoms with van der Waals surface area (Å²) >= 11 is 0. The zero-order valence-electron chi connectivity index (χ0n) is 7.88. The molecular formula is C10H18O2. The summed E-state index contributed by atoms with van der Waals surface area (Å²) in [5, 5.41) is 19.1. The summed E-state index contributed by atoms with van der Waals surface area (Å²) in [5.74, 6) is 1.05. The van der Waals surface area contributed by atoms with E-state index in [9.17, 15) is 5.11 Å². The van der Waals surface area contributed by atoms with Gasteiger partial charge >= 0.3 is 0 Å². The second kappa shape index (κ2) is 2.24. The maximum Gasteiger partial charge on any atom is 0.0704 e. The minimum absolute atomic E-state index is 0.173. The molecule has 0 saturated heterocycles. The van der Waals surface area contributed by atoms with Crippen molar-refractivity contribution in [1.29, 1.82) is 0 Å². The summed E-state index contributed by atoms with van der Waals surface area (Å²) in [7, 11) is 0. The lowest BCUT2D eigenvalue weighted by molar-refractivity contribution is -0.0449. The first kappa shape index (κ1) is 8.52. The summed E-state index contributed by atoms with van der Waals surface area (Å²) in [4.78, 5) is 0. The lowest BCUT2D eigenvalue weighted by Gasteiger charge is -2.33. The molecule has 2 fully saturated rings. The first-order valence-corrected chi connectivity index (χ1v) is 4.85. The molecule has 2 aliphatic carbocycles. The smallest absolute Gasteiger partial charge is 0.0704 e. The maximum atomic E-state index is 10.2. The molecule has 0 aliphatic heterocycles. The average Bonchev–Trinajstić information content (AvgIpc) is 2.58. The van der Waals surface area contributed by atoms with Crippen LogP contribution in [0.4, 0.5) is 0 Å². The Bertz CT molecular complexity index is 200. The second-order valence-electron chi connectivity index (χ2n) is 4.91. The van der Waals surface area contributed by atoms with Gasteiger partial charge in [-0.1, -0.05) is 6.92 Å². The van der Waals surface area contributed by atoms with Crippen molar-refractivity contribution in [1.82, 2.24) is 0 Å². The lowest BCUT2D eigenvalue weighted by atomic mass is 9.80. The third-order valence-electron chi connectivity index (χ3n) is 4.41. The van der Waals surface area contributed by atoms with E-state index in [-0.39, 0.29) is 12.0 Å². The summed E-state index contributed by atoms with van der Waals surface area (Å²) < 4.78 is 0. The van der Waals surface area contributed by atoms with Crippen molar-refractivity contribution in [2.45, 2.75) is 38.7 Å². The lowest BCUT2D eigenvalue weighted by Crippen LogP contribution is -2.39. The molecular weight excluding hydrogens is 152 g/mol. The highest BCUT2D eigenvalue weighted by Gasteiger charge is 2.68. The zero-order chi connectivity index (χ0) is 8.98. The van der Waals surface area contributed by atoms with E-state index in [0.717, 1.165) is 18.8 Å². The Morgan fingerprint density at radius 2 is 2.08 bits per heavy atom. The summed E-state index contributed by atoms with van der Waals surface area (Å²) in [6.07, 6.45) is 3.06. The molecule has 2 heteroatoms. The van der Waals surface area contributed by atoms with Gasteiger partial charge in [-0.2, -0.15) is 0 Å². The van der Waals surface area contributed by atoms with Crippen LogP contribution in [0.15, 0.2) is 0 Å². The molecule has 2 aliphatic rings. The fraction of sp³-hybridized carbons (Fsp3) is 1.00. The summed E-state index contributed by atoms with van der Waals surface area (Å²) in [6.45, 7) is 4.33. The third kappa shape index (κ3) is 0.826. The quantitative estimate of drug-likeness (QED) is 0.653. The SMILES string of the molecule is CC1(O)C(CCO)CC2CC21C. The Labute approximate surface area is 73.6 Å². The van der Waals surface area contributed by atoms with Gasteiger partial charge < -0.3 is 10.2 Å². The molecule has 0 spiro atoms. The van der Waals surface area contributed by atoms with E-state index >= 15 is 0 Å². The molecule has 12 heavy (non-hydrogen) atoms. The normalized spacial score (nSPS) is 57.0. The van der Waals surface area contributed by atoms with E-state index in [1.807, 2.05) is 6.92 Å². The predicted molar refractivity (Wildman–Crippen MR) is 46.6 cm³/mol. The van der Waals surface area contributed by atoms with Crippen LogP contribution in [0.3, 0.4) is 0 Å². The van der Waals surface area contributed by atoms with Crippen molar-refractivity contribution in [2.24, 2.45) is 17.3 Å². The highest BCUT2D eigenvalue weighted by Crippen LogP contribution is 2.70. The van der Waals surface area contributed by atoms with Crippen LogP contribution in [0.5, 0.6) is 0 Å². The Morgan fingerprint density at radius 3 is 2.50 bits per heavy atom. The molecule has 70 valence electrons. The molecule has 0 aromatic rings. The largest absolute Gasteiger partial charge is 0.396 e. The summed E-state index contributed by atoms with van der Waals surface area (Å²) in [5.41, 5.74) is -0.354. The van der Waals surface area contributed by atoms with E-state index in [0.29, 0.717) is 5.92 Å². The van der Waals surface area contributed by atoms with Crippen LogP contribution in [0.25, 0.3) is 0 Å². The van der Waals surface area contributed by atoms with Crippen molar-refractivity contribution in [3.05, 3.63) is 0 Å². The monoisotopic (exact) mass is 170 g/mol. The predicted octanol–water partition coefficient (Wildman–Crippen LogP) is 1.17. The first-order chi connectivity index (χ1) is 5.52. The van der Waals surface area contributed by atoms with Gasteiger partial charge in [0.2, 0.25) is 0 Å². The van der Waals surface area contributed by atoms with Gasteiger partial charge in [0.05, 0.1) is 5.60 Å². The van der Waals surface area contributed by atoms with E-state index < -0.39 is 5.60 Å². The van der Waals surface area contributed by atoms with Crippen molar-refractivity contribution >= 4 is 0 Å². The molecule has 0 radical (unpaired) electrons. The van der Waals surface area contributed by atoms with E-state index in [4.69, 9.17) is 5.11 Å². The first-order valence-electron chi connectivity index (χ1n) is 4.85. The average molecular weight is 170 g/mol. The Morgan fingerprint density at radius 1 is 1.42 bits per heavy atom. The van der Waals surface area contributed by atoms with Gasteiger partial charge in [-0.25, -0.2) is 0 Å².